The number of nitrogens with zero attached hydrogens (tertiary/aromatic N) is 3. The van der Waals surface area contributed by atoms with Gasteiger partial charge in [-0.3, -0.25) is 0 Å². The second-order valence-electron chi connectivity index (χ2n) is 6.03. The molecular weight excluding hydrogens is 258 g/mol. The molecule has 1 N–H and O–H groups in total. The van der Waals surface area contributed by atoms with Crippen LogP contribution in [0.5, 0.6) is 0 Å². The molecule has 1 unspecified atom stereocenters. The summed E-state index contributed by atoms with van der Waals surface area (Å²) >= 11 is 0. The first kappa shape index (κ1) is 13.5. The minimum absolute atomic E-state index is 0.0374. The Hall–Kier alpha value is -1.43. The van der Waals surface area contributed by atoms with Crippen molar-refractivity contribution in [3.05, 3.63) is 11.4 Å². The predicted molar refractivity (Wildman–Crippen MR) is 71.6 cm³/mol. The number of ether oxygens (including phenoxy) is 1. The van der Waals surface area contributed by atoms with Gasteiger partial charge in [-0.2, -0.15) is 0 Å². The van der Waals surface area contributed by atoms with Gasteiger partial charge in [0.25, 0.3) is 0 Å². The fraction of sp³-hybridized carbons (Fsp3) is 0.786. The van der Waals surface area contributed by atoms with Crippen molar-refractivity contribution in [2.45, 2.75) is 70.1 Å². The van der Waals surface area contributed by atoms with Crippen LogP contribution < -0.4 is 0 Å². The van der Waals surface area contributed by atoms with Gasteiger partial charge in [-0.25, -0.2) is 9.48 Å². The first-order valence-corrected chi connectivity index (χ1v) is 7.41. The van der Waals surface area contributed by atoms with Gasteiger partial charge in [-0.1, -0.05) is 24.5 Å². The Morgan fingerprint density at radius 2 is 2.15 bits per heavy atom. The van der Waals surface area contributed by atoms with Crippen LogP contribution in [0.15, 0.2) is 0 Å². The van der Waals surface area contributed by atoms with Crippen LogP contribution in [0.3, 0.4) is 0 Å². The first-order chi connectivity index (χ1) is 9.60. The van der Waals surface area contributed by atoms with Gasteiger partial charge in [0.05, 0.1) is 23.9 Å². The summed E-state index contributed by atoms with van der Waals surface area (Å²) < 4.78 is 7.95. The molecule has 6 heteroatoms. The van der Waals surface area contributed by atoms with Gasteiger partial charge in [-0.15, -0.1) is 5.10 Å². The maximum atomic E-state index is 11.0. The van der Waals surface area contributed by atoms with Crippen LogP contribution in [0, 0.1) is 6.92 Å². The first-order valence-electron chi connectivity index (χ1n) is 7.41. The lowest BCUT2D eigenvalue weighted by Gasteiger charge is -2.33. The quantitative estimate of drug-likeness (QED) is 0.917. The highest BCUT2D eigenvalue weighted by Gasteiger charge is 2.41. The van der Waals surface area contributed by atoms with Crippen molar-refractivity contribution < 1.29 is 14.6 Å². The van der Waals surface area contributed by atoms with E-state index in [1.54, 1.807) is 11.6 Å². The summed E-state index contributed by atoms with van der Waals surface area (Å²) in [5.41, 5.74) is 0.730. The van der Waals surface area contributed by atoms with E-state index in [4.69, 9.17) is 9.84 Å². The number of carboxylic acids is 1. The molecule has 1 atom stereocenters. The molecule has 1 spiro atoms. The zero-order valence-corrected chi connectivity index (χ0v) is 11.8. The zero-order valence-electron chi connectivity index (χ0n) is 11.8. The minimum atomic E-state index is -1.02. The van der Waals surface area contributed by atoms with Gasteiger partial charge in [-0.05, 0) is 32.6 Å². The Bertz CT molecular complexity index is 506. The largest absolute Gasteiger partial charge is 0.476 e. The van der Waals surface area contributed by atoms with E-state index < -0.39 is 5.97 Å². The van der Waals surface area contributed by atoms with Crippen molar-refractivity contribution in [2.24, 2.45) is 0 Å². The van der Waals surface area contributed by atoms with E-state index in [0.717, 1.165) is 12.8 Å². The molecule has 3 rings (SSSR count). The molecule has 1 aliphatic carbocycles. The molecule has 1 aromatic heterocycles. The maximum absolute atomic E-state index is 11.0. The van der Waals surface area contributed by atoms with Crippen LogP contribution >= 0.6 is 0 Å². The van der Waals surface area contributed by atoms with Crippen molar-refractivity contribution in [1.82, 2.24) is 15.0 Å². The van der Waals surface area contributed by atoms with Gasteiger partial charge in [0, 0.05) is 0 Å². The fourth-order valence-electron chi connectivity index (χ4n) is 3.51. The van der Waals surface area contributed by atoms with E-state index in [-0.39, 0.29) is 17.4 Å². The second-order valence-corrected chi connectivity index (χ2v) is 6.03. The lowest BCUT2D eigenvalue weighted by Crippen LogP contribution is -2.32. The van der Waals surface area contributed by atoms with Crippen LogP contribution in [-0.4, -0.2) is 37.8 Å². The van der Waals surface area contributed by atoms with E-state index >= 15 is 0 Å². The van der Waals surface area contributed by atoms with E-state index in [1.165, 1.54) is 32.1 Å². The molecule has 0 radical (unpaired) electrons. The number of carbonyl (C=O) groups is 1. The Labute approximate surface area is 118 Å². The Balaban J connectivity index is 1.66. The molecule has 20 heavy (non-hydrogen) atoms. The van der Waals surface area contributed by atoms with Gasteiger partial charge < -0.3 is 9.84 Å². The Morgan fingerprint density at radius 3 is 2.80 bits per heavy atom. The monoisotopic (exact) mass is 279 g/mol. The Kier molecular flexibility index (Phi) is 3.50. The summed E-state index contributed by atoms with van der Waals surface area (Å²) in [5.74, 6) is -1.02. The average Bonchev–Trinajstić information content (AvgIpc) is 2.97. The molecular formula is C14H21N3O3. The number of carboxylic acid groups (broad SMARTS) is 1. The summed E-state index contributed by atoms with van der Waals surface area (Å²) in [7, 11) is 0. The van der Waals surface area contributed by atoms with Crippen LogP contribution in [0.1, 0.15) is 61.1 Å². The van der Waals surface area contributed by atoms with Crippen molar-refractivity contribution in [3.8, 4) is 0 Å². The number of rotatable bonds is 3. The van der Waals surface area contributed by atoms with Crippen molar-refractivity contribution >= 4 is 5.97 Å². The highest BCUT2D eigenvalue weighted by atomic mass is 16.5. The van der Waals surface area contributed by atoms with E-state index in [0.29, 0.717) is 12.2 Å². The van der Waals surface area contributed by atoms with E-state index in [1.807, 2.05) is 0 Å². The molecule has 6 nitrogen and oxygen atoms in total. The van der Waals surface area contributed by atoms with Crippen molar-refractivity contribution in [1.29, 1.82) is 0 Å². The summed E-state index contributed by atoms with van der Waals surface area (Å²) in [4.78, 5) is 11.0. The number of aromatic nitrogens is 3. The Morgan fingerprint density at radius 1 is 1.40 bits per heavy atom. The number of hydrogen-bond acceptors (Lipinski definition) is 4. The third-order valence-electron chi connectivity index (χ3n) is 4.67. The topological polar surface area (TPSA) is 77.2 Å². The zero-order chi connectivity index (χ0) is 14.2. The molecule has 0 bridgehead atoms. The van der Waals surface area contributed by atoms with Crippen LogP contribution in [-0.2, 0) is 11.3 Å². The van der Waals surface area contributed by atoms with Gasteiger partial charge >= 0.3 is 5.97 Å². The summed E-state index contributed by atoms with van der Waals surface area (Å²) in [6, 6.07) is 0. The summed E-state index contributed by atoms with van der Waals surface area (Å²) in [6.45, 7) is 2.35. The third-order valence-corrected chi connectivity index (χ3v) is 4.67. The normalized spacial score (nSPS) is 25.1. The van der Waals surface area contributed by atoms with Gasteiger partial charge in [0.1, 0.15) is 0 Å². The molecule has 1 aromatic rings. The highest BCUT2D eigenvalue weighted by molar-refractivity contribution is 5.86. The van der Waals surface area contributed by atoms with E-state index in [9.17, 15) is 4.79 Å². The lowest BCUT2D eigenvalue weighted by atomic mass is 9.83. The number of hydrogen-bond donors (Lipinski definition) is 1. The number of aromatic carboxylic acids is 1. The van der Waals surface area contributed by atoms with Gasteiger partial charge in [0.15, 0.2) is 5.69 Å². The average molecular weight is 279 g/mol. The fourth-order valence-corrected chi connectivity index (χ4v) is 3.51. The van der Waals surface area contributed by atoms with Crippen molar-refractivity contribution in [3.63, 3.8) is 0 Å². The van der Waals surface area contributed by atoms with Gasteiger partial charge in [0.2, 0.25) is 0 Å². The minimum Gasteiger partial charge on any atom is -0.476 e. The SMILES string of the molecule is Cc1c(C(=O)O)nnn1CC1CCC2(CCCCC2)O1. The predicted octanol–water partition coefficient (Wildman–Crippen LogP) is 2.17. The summed E-state index contributed by atoms with van der Waals surface area (Å²) in [6.07, 6.45) is 8.46. The van der Waals surface area contributed by atoms with Crippen LogP contribution in [0.2, 0.25) is 0 Å². The molecule has 110 valence electrons. The standard InChI is InChI=1S/C14H21N3O3/c1-10-12(13(18)19)15-16-17(10)9-11-5-8-14(20-11)6-3-2-4-7-14/h11H,2-9H2,1H3,(H,18,19). The molecule has 2 fully saturated rings. The second kappa shape index (κ2) is 5.16. The van der Waals surface area contributed by atoms with E-state index in [2.05, 4.69) is 10.3 Å². The molecule has 1 aliphatic heterocycles. The maximum Gasteiger partial charge on any atom is 0.358 e. The molecule has 0 amide bonds. The molecule has 1 saturated heterocycles. The third kappa shape index (κ3) is 2.44. The smallest absolute Gasteiger partial charge is 0.358 e. The van der Waals surface area contributed by atoms with Crippen LogP contribution in [0.4, 0.5) is 0 Å². The highest BCUT2D eigenvalue weighted by Crippen LogP contribution is 2.42. The lowest BCUT2D eigenvalue weighted by molar-refractivity contribution is -0.0691. The molecule has 2 heterocycles. The molecule has 2 aliphatic rings. The molecule has 0 aromatic carbocycles. The van der Waals surface area contributed by atoms with Crippen molar-refractivity contribution in [2.75, 3.05) is 0 Å². The summed E-state index contributed by atoms with van der Waals surface area (Å²) in [5, 5.41) is 16.7. The van der Waals surface area contributed by atoms with Crippen LogP contribution in [0.25, 0.3) is 0 Å². The molecule has 1 saturated carbocycles.